The van der Waals surface area contributed by atoms with Crippen molar-refractivity contribution in [3.8, 4) is 0 Å². The van der Waals surface area contributed by atoms with E-state index in [-0.39, 0.29) is 49.6 Å². The molecule has 34 heavy (non-hydrogen) atoms. The molecule has 1 atom stereocenters. The van der Waals surface area contributed by atoms with E-state index in [0.29, 0.717) is 33.3 Å². The summed E-state index contributed by atoms with van der Waals surface area (Å²) < 4.78 is 0. The van der Waals surface area contributed by atoms with Crippen LogP contribution >= 0.6 is 23.2 Å². The Hall–Kier alpha value is -2.90. The molecule has 2 aromatic carbocycles. The first-order valence-electron chi connectivity index (χ1n) is 11.2. The number of benzene rings is 2. The molecule has 1 heterocycles. The van der Waals surface area contributed by atoms with Crippen molar-refractivity contribution in [2.45, 2.75) is 45.7 Å². The molecule has 0 aliphatic carbocycles. The van der Waals surface area contributed by atoms with Crippen LogP contribution in [-0.4, -0.2) is 52.6 Å². The molecule has 0 bridgehead atoms. The maximum absolute atomic E-state index is 13.2. The van der Waals surface area contributed by atoms with Gasteiger partial charge in [-0.15, -0.1) is 0 Å². The highest BCUT2D eigenvalue weighted by Crippen LogP contribution is 2.27. The summed E-state index contributed by atoms with van der Waals surface area (Å²) in [5.74, 6) is -1.30. The van der Waals surface area contributed by atoms with Crippen LogP contribution in [0.5, 0.6) is 0 Å². The smallest absolute Gasteiger partial charge is 0.261 e. The number of fused-ring (bicyclic) bond motifs is 1. The number of hydrogen-bond acceptors (Lipinski definition) is 4. The van der Waals surface area contributed by atoms with Gasteiger partial charge in [0.2, 0.25) is 11.8 Å². The van der Waals surface area contributed by atoms with E-state index < -0.39 is 6.04 Å². The Kier molecular flexibility index (Phi) is 8.69. The Morgan fingerprint density at radius 1 is 1.00 bits per heavy atom. The molecule has 0 saturated heterocycles. The van der Waals surface area contributed by atoms with Crippen LogP contribution in [0.25, 0.3) is 0 Å². The molecule has 9 heteroatoms. The third-order valence-electron chi connectivity index (χ3n) is 5.76. The summed E-state index contributed by atoms with van der Waals surface area (Å²) in [6.45, 7) is 4.26. The lowest BCUT2D eigenvalue weighted by atomic mass is 10.1. The third-order valence-corrected chi connectivity index (χ3v) is 6.47. The minimum Gasteiger partial charge on any atom is -0.354 e. The predicted octanol–water partition coefficient (Wildman–Crippen LogP) is 4.31. The van der Waals surface area contributed by atoms with E-state index >= 15 is 0 Å². The van der Waals surface area contributed by atoms with E-state index in [1.165, 1.54) is 4.90 Å². The van der Waals surface area contributed by atoms with Crippen molar-refractivity contribution >= 4 is 46.8 Å². The maximum atomic E-state index is 13.2. The van der Waals surface area contributed by atoms with Gasteiger partial charge >= 0.3 is 0 Å². The van der Waals surface area contributed by atoms with E-state index in [0.717, 1.165) is 11.3 Å². The number of halogens is 2. The van der Waals surface area contributed by atoms with Gasteiger partial charge < -0.3 is 10.2 Å². The van der Waals surface area contributed by atoms with Gasteiger partial charge in [0.05, 0.1) is 11.1 Å². The van der Waals surface area contributed by atoms with Crippen molar-refractivity contribution in [3.63, 3.8) is 0 Å². The van der Waals surface area contributed by atoms with Gasteiger partial charge in [-0.3, -0.25) is 24.1 Å². The van der Waals surface area contributed by atoms with Crippen molar-refractivity contribution in [1.29, 1.82) is 0 Å². The molecule has 0 radical (unpaired) electrons. The van der Waals surface area contributed by atoms with Gasteiger partial charge in [-0.05, 0) is 44.0 Å². The average molecular weight is 504 g/mol. The standard InChI is InChI=1S/C25H27Cl2N3O4/c1-3-13-28-23(32)16(2)30(15-19-20(26)10-6-11-21(19)27)22(31)12-7-14-29-24(33)17-8-4-5-9-18(17)25(29)34/h4-6,8-11,16H,3,7,12-15H2,1-2H3,(H,28,32)/t16-/m0/s1. The van der Waals surface area contributed by atoms with Crippen LogP contribution in [0.4, 0.5) is 0 Å². The quantitative estimate of drug-likeness (QED) is 0.489. The minimum atomic E-state index is -0.759. The zero-order chi connectivity index (χ0) is 24.8. The van der Waals surface area contributed by atoms with E-state index in [1.807, 2.05) is 6.92 Å². The van der Waals surface area contributed by atoms with Crippen molar-refractivity contribution < 1.29 is 19.2 Å². The van der Waals surface area contributed by atoms with Crippen LogP contribution in [0.2, 0.25) is 10.0 Å². The van der Waals surface area contributed by atoms with Gasteiger partial charge in [0.15, 0.2) is 0 Å². The number of nitrogens with zero attached hydrogens (tertiary/aromatic N) is 2. The summed E-state index contributed by atoms with van der Waals surface area (Å²) in [4.78, 5) is 53.6. The second-order valence-corrected chi connectivity index (χ2v) is 8.91. The molecule has 0 fully saturated rings. The normalized spacial score (nSPS) is 13.6. The minimum absolute atomic E-state index is 0.0425. The highest BCUT2D eigenvalue weighted by molar-refractivity contribution is 6.36. The van der Waals surface area contributed by atoms with Crippen molar-refractivity contribution in [2.75, 3.05) is 13.1 Å². The largest absolute Gasteiger partial charge is 0.354 e. The topological polar surface area (TPSA) is 86.8 Å². The molecular weight excluding hydrogens is 477 g/mol. The SMILES string of the molecule is CCCNC(=O)[C@H](C)N(Cc1c(Cl)cccc1Cl)C(=O)CCCN1C(=O)c2ccccc2C1=O. The van der Waals surface area contributed by atoms with Crippen molar-refractivity contribution in [1.82, 2.24) is 15.1 Å². The summed E-state index contributed by atoms with van der Waals surface area (Å²) in [6.07, 6.45) is 1.07. The number of carbonyl (C=O) groups excluding carboxylic acids is 4. The average Bonchev–Trinajstić information content (AvgIpc) is 3.07. The highest BCUT2D eigenvalue weighted by atomic mass is 35.5. The van der Waals surface area contributed by atoms with Crippen molar-refractivity contribution in [2.24, 2.45) is 0 Å². The second-order valence-electron chi connectivity index (χ2n) is 8.10. The van der Waals surface area contributed by atoms with E-state index in [4.69, 9.17) is 23.2 Å². The Bertz CT molecular complexity index is 1050. The molecule has 2 aromatic rings. The molecule has 4 amide bonds. The summed E-state index contributed by atoms with van der Waals surface area (Å²) in [6, 6.07) is 11.0. The molecule has 1 aliphatic heterocycles. The lowest BCUT2D eigenvalue weighted by Gasteiger charge is -2.29. The van der Waals surface area contributed by atoms with Crippen molar-refractivity contribution in [3.05, 3.63) is 69.2 Å². The molecule has 180 valence electrons. The summed E-state index contributed by atoms with van der Waals surface area (Å²) in [7, 11) is 0. The second kappa shape index (κ2) is 11.5. The number of rotatable bonds is 10. The summed E-state index contributed by atoms with van der Waals surface area (Å²) in [5, 5.41) is 3.61. The van der Waals surface area contributed by atoms with Crippen LogP contribution in [0.3, 0.4) is 0 Å². The van der Waals surface area contributed by atoms with E-state index in [1.54, 1.807) is 49.4 Å². The fourth-order valence-electron chi connectivity index (χ4n) is 3.81. The first kappa shape index (κ1) is 25.7. The molecule has 1 aliphatic rings. The molecule has 0 saturated carbocycles. The Morgan fingerprint density at radius 3 is 2.15 bits per heavy atom. The summed E-state index contributed by atoms with van der Waals surface area (Å²) in [5.41, 5.74) is 1.29. The Morgan fingerprint density at radius 2 is 1.59 bits per heavy atom. The van der Waals surface area contributed by atoms with Crippen LogP contribution < -0.4 is 5.32 Å². The number of carbonyl (C=O) groups is 4. The zero-order valence-electron chi connectivity index (χ0n) is 19.1. The highest BCUT2D eigenvalue weighted by Gasteiger charge is 2.35. The molecule has 0 aromatic heterocycles. The first-order chi connectivity index (χ1) is 16.3. The zero-order valence-corrected chi connectivity index (χ0v) is 20.7. The Balaban J connectivity index is 1.70. The van der Waals surface area contributed by atoms with Gasteiger partial charge in [-0.1, -0.05) is 48.3 Å². The maximum Gasteiger partial charge on any atom is 0.261 e. The van der Waals surface area contributed by atoms with Gasteiger partial charge in [0.25, 0.3) is 11.8 Å². The number of amides is 4. The predicted molar refractivity (Wildman–Crippen MR) is 131 cm³/mol. The number of nitrogens with one attached hydrogen (secondary N) is 1. The molecule has 0 unspecified atom stereocenters. The van der Waals surface area contributed by atoms with Crippen LogP contribution in [0.1, 0.15) is 59.4 Å². The first-order valence-corrected chi connectivity index (χ1v) is 12.0. The lowest BCUT2D eigenvalue weighted by molar-refractivity contribution is -0.140. The van der Waals surface area contributed by atoms with E-state index in [9.17, 15) is 19.2 Å². The fraction of sp³-hybridized carbons (Fsp3) is 0.360. The van der Waals surface area contributed by atoms with Gasteiger partial charge in [0.1, 0.15) is 6.04 Å². The lowest BCUT2D eigenvalue weighted by Crippen LogP contribution is -2.48. The van der Waals surface area contributed by atoms with Crippen LogP contribution in [0, 0.1) is 0 Å². The molecule has 7 nitrogen and oxygen atoms in total. The number of imide groups is 1. The number of hydrogen-bond donors (Lipinski definition) is 1. The monoisotopic (exact) mass is 503 g/mol. The van der Waals surface area contributed by atoms with E-state index in [2.05, 4.69) is 5.32 Å². The third kappa shape index (κ3) is 5.59. The van der Waals surface area contributed by atoms with Gasteiger partial charge in [-0.2, -0.15) is 0 Å². The molecule has 3 rings (SSSR count). The van der Waals surface area contributed by atoms with Crippen LogP contribution in [-0.2, 0) is 16.1 Å². The molecule has 1 N–H and O–H groups in total. The Labute approximate surface area is 209 Å². The molecule has 0 spiro atoms. The van der Waals surface area contributed by atoms with Gasteiger partial charge in [-0.25, -0.2) is 0 Å². The fourth-order valence-corrected chi connectivity index (χ4v) is 4.32. The van der Waals surface area contributed by atoms with Gasteiger partial charge in [0, 0.05) is 41.7 Å². The summed E-state index contributed by atoms with van der Waals surface area (Å²) >= 11 is 12.6. The molecular formula is C25H27Cl2N3O4. The van der Waals surface area contributed by atoms with Crippen LogP contribution in [0.15, 0.2) is 42.5 Å².